The standard InChI is InChI=1S/C10H9F3N2O/c11-6-3-4-7(9(13)8(6)12)15-10(16)14-5-1-2-5/h3-5H,1-2H2,(H2,14,15,16). The number of hydrogen-bond donors (Lipinski definition) is 2. The van der Waals surface area contributed by atoms with Crippen molar-refractivity contribution < 1.29 is 18.0 Å². The van der Waals surface area contributed by atoms with E-state index in [1.54, 1.807) is 0 Å². The molecule has 16 heavy (non-hydrogen) atoms. The summed E-state index contributed by atoms with van der Waals surface area (Å²) in [5.41, 5.74) is -0.378. The normalized spacial score (nSPS) is 14.7. The summed E-state index contributed by atoms with van der Waals surface area (Å²) in [5.74, 6) is -4.28. The van der Waals surface area contributed by atoms with Crippen LogP contribution >= 0.6 is 0 Å². The number of anilines is 1. The van der Waals surface area contributed by atoms with Crippen LogP contribution in [0.3, 0.4) is 0 Å². The van der Waals surface area contributed by atoms with Crippen molar-refractivity contribution in [2.45, 2.75) is 18.9 Å². The summed E-state index contributed by atoms with van der Waals surface area (Å²) in [5, 5.41) is 4.65. The molecule has 86 valence electrons. The number of nitrogens with one attached hydrogen (secondary N) is 2. The summed E-state index contributed by atoms with van der Waals surface area (Å²) in [7, 11) is 0. The van der Waals surface area contributed by atoms with Crippen LogP contribution in [0, 0.1) is 17.5 Å². The minimum atomic E-state index is -1.59. The molecule has 0 aliphatic heterocycles. The van der Waals surface area contributed by atoms with E-state index in [-0.39, 0.29) is 11.7 Å². The van der Waals surface area contributed by atoms with Crippen molar-refractivity contribution in [2.24, 2.45) is 0 Å². The second-order valence-corrected chi connectivity index (χ2v) is 3.60. The topological polar surface area (TPSA) is 41.1 Å². The van der Waals surface area contributed by atoms with E-state index in [2.05, 4.69) is 10.6 Å². The number of urea groups is 1. The first-order valence-electron chi connectivity index (χ1n) is 4.79. The Balaban J connectivity index is 2.08. The van der Waals surface area contributed by atoms with E-state index in [1.807, 2.05) is 0 Å². The van der Waals surface area contributed by atoms with Crippen molar-refractivity contribution in [3.63, 3.8) is 0 Å². The van der Waals surface area contributed by atoms with Crippen LogP contribution in [0.5, 0.6) is 0 Å². The molecule has 1 aromatic carbocycles. The number of amides is 2. The quantitative estimate of drug-likeness (QED) is 0.752. The van der Waals surface area contributed by atoms with Crippen molar-refractivity contribution >= 4 is 11.7 Å². The summed E-state index contributed by atoms with van der Waals surface area (Å²) >= 11 is 0. The van der Waals surface area contributed by atoms with Crippen LogP contribution in [0.4, 0.5) is 23.7 Å². The van der Waals surface area contributed by atoms with Gasteiger partial charge in [-0.15, -0.1) is 0 Å². The van der Waals surface area contributed by atoms with Gasteiger partial charge in [0.1, 0.15) is 0 Å². The van der Waals surface area contributed by atoms with Crippen LogP contribution in [0.1, 0.15) is 12.8 Å². The Labute approximate surface area is 89.6 Å². The zero-order chi connectivity index (χ0) is 11.7. The number of carbonyl (C=O) groups excluding carboxylic acids is 1. The minimum Gasteiger partial charge on any atom is -0.335 e. The molecule has 0 radical (unpaired) electrons. The Bertz CT molecular complexity index is 432. The molecule has 0 atom stereocenters. The van der Waals surface area contributed by atoms with Gasteiger partial charge in [0, 0.05) is 6.04 Å². The highest BCUT2D eigenvalue weighted by atomic mass is 19.2. The lowest BCUT2D eigenvalue weighted by Crippen LogP contribution is -2.30. The molecule has 0 heterocycles. The first-order valence-corrected chi connectivity index (χ1v) is 4.79. The number of benzene rings is 1. The number of halogens is 3. The Kier molecular flexibility index (Phi) is 2.72. The highest BCUT2D eigenvalue weighted by molar-refractivity contribution is 5.89. The Morgan fingerprint density at radius 1 is 1.19 bits per heavy atom. The third-order valence-corrected chi connectivity index (χ3v) is 2.20. The van der Waals surface area contributed by atoms with Crippen LogP contribution < -0.4 is 10.6 Å². The first kappa shape index (κ1) is 10.8. The van der Waals surface area contributed by atoms with Gasteiger partial charge in [-0.3, -0.25) is 0 Å². The SMILES string of the molecule is O=C(Nc1ccc(F)c(F)c1F)NC1CC1. The largest absolute Gasteiger partial charge is 0.335 e. The van der Waals surface area contributed by atoms with Gasteiger partial charge in [0.2, 0.25) is 0 Å². The molecule has 6 heteroatoms. The highest BCUT2D eigenvalue weighted by Crippen LogP contribution is 2.21. The molecule has 2 amide bonds. The van der Waals surface area contributed by atoms with Crippen molar-refractivity contribution in [3.05, 3.63) is 29.6 Å². The molecule has 0 unspecified atom stereocenters. The number of hydrogen-bond acceptors (Lipinski definition) is 1. The monoisotopic (exact) mass is 230 g/mol. The summed E-state index contributed by atoms with van der Waals surface area (Å²) < 4.78 is 38.5. The minimum absolute atomic E-state index is 0.105. The Morgan fingerprint density at radius 3 is 2.50 bits per heavy atom. The molecule has 1 aliphatic carbocycles. The van der Waals surface area contributed by atoms with E-state index in [0.29, 0.717) is 0 Å². The summed E-state index contributed by atoms with van der Waals surface area (Å²) in [4.78, 5) is 11.2. The van der Waals surface area contributed by atoms with Gasteiger partial charge < -0.3 is 10.6 Å². The maximum Gasteiger partial charge on any atom is 0.319 e. The summed E-state index contributed by atoms with van der Waals surface area (Å²) in [6.07, 6.45) is 1.77. The fourth-order valence-electron chi connectivity index (χ4n) is 1.19. The van der Waals surface area contributed by atoms with Crippen LogP contribution in [-0.2, 0) is 0 Å². The molecule has 2 rings (SSSR count). The fourth-order valence-corrected chi connectivity index (χ4v) is 1.19. The van der Waals surface area contributed by atoms with Crippen molar-refractivity contribution in [1.82, 2.24) is 5.32 Å². The van der Waals surface area contributed by atoms with Gasteiger partial charge in [0.25, 0.3) is 0 Å². The molecule has 0 aromatic heterocycles. The van der Waals surface area contributed by atoms with Crippen LogP contribution in [-0.4, -0.2) is 12.1 Å². The maximum absolute atomic E-state index is 13.1. The predicted octanol–water partition coefficient (Wildman–Crippen LogP) is 2.39. The second kappa shape index (κ2) is 4.03. The van der Waals surface area contributed by atoms with Gasteiger partial charge in [-0.25, -0.2) is 18.0 Å². The lowest BCUT2D eigenvalue weighted by atomic mass is 10.3. The smallest absolute Gasteiger partial charge is 0.319 e. The lowest BCUT2D eigenvalue weighted by molar-refractivity contribution is 0.251. The van der Waals surface area contributed by atoms with Gasteiger partial charge in [-0.1, -0.05) is 0 Å². The molecule has 0 saturated heterocycles. The van der Waals surface area contributed by atoms with E-state index in [0.717, 1.165) is 25.0 Å². The van der Waals surface area contributed by atoms with Crippen LogP contribution in [0.2, 0.25) is 0 Å². The van der Waals surface area contributed by atoms with E-state index in [1.165, 1.54) is 0 Å². The maximum atomic E-state index is 13.1. The summed E-state index contributed by atoms with van der Waals surface area (Å²) in [6, 6.07) is 1.21. The average molecular weight is 230 g/mol. The second-order valence-electron chi connectivity index (χ2n) is 3.60. The van der Waals surface area contributed by atoms with E-state index >= 15 is 0 Å². The van der Waals surface area contributed by atoms with Crippen molar-refractivity contribution in [3.8, 4) is 0 Å². The van der Waals surface area contributed by atoms with E-state index < -0.39 is 23.5 Å². The van der Waals surface area contributed by atoms with E-state index in [9.17, 15) is 18.0 Å². The summed E-state index contributed by atoms with van der Waals surface area (Å²) in [6.45, 7) is 0. The van der Waals surface area contributed by atoms with Gasteiger partial charge in [0.05, 0.1) is 5.69 Å². The van der Waals surface area contributed by atoms with Crippen molar-refractivity contribution in [2.75, 3.05) is 5.32 Å². The average Bonchev–Trinajstić information content (AvgIpc) is 3.03. The molecule has 1 saturated carbocycles. The van der Waals surface area contributed by atoms with Gasteiger partial charge in [-0.05, 0) is 25.0 Å². The zero-order valence-corrected chi connectivity index (χ0v) is 8.19. The van der Waals surface area contributed by atoms with Gasteiger partial charge in [0.15, 0.2) is 17.5 Å². The molecule has 3 nitrogen and oxygen atoms in total. The van der Waals surface area contributed by atoms with Crippen molar-refractivity contribution in [1.29, 1.82) is 0 Å². The van der Waals surface area contributed by atoms with Crippen LogP contribution in [0.15, 0.2) is 12.1 Å². The number of carbonyl (C=O) groups is 1. The molecular weight excluding hydrogens is 221 g/mol. The molecule has 1 aromatic rings. The van der Waals surface area contributed by atoms with Gasteiger partial charge in [-0.2, -0.15) is 0 Å². The molecular formula is C10H9F3N2O. The molecule has 0 bridgehead atoms. The predicted molar refractivity (Wildman–Crippen MR) is 51.5 cm³/mol. The van der Waals surface area contributed by atoms with Crippen LogP contribution in [0.25, 0.3) is 0 Å². The first-order chi connectivity index (χ1) is 7.58. The Morgan fingerprint density at radius 2 is 1.88 bits per heavy atom. The fraction of sp³-hybridized carbons (Fsp3) is 0.300. The molecule has 0 spiro atoms. The third-order valence-electron chi connectivity index (χ3n) is 2.20. The highest BCUT2D eigenvalue weighted by Gasteiger charge is 2.24. The van der Waals surface area contributed by atoms with E-state index in [4.69, 9.17) is 0 Å². The van der Waals surface area contributed by atoms with Gasteiger partial charge >= 0.3 is 6.03 Å². The molecule has 1 fully saturated rings. The Hall–Kier alpha value is -1.72. The zero-order valence-electron chi connectivity index (χ0n) is 8.19. The molecule has 2 N–H and O–H groups in total. The third kappa shape index (κ3) is 2.26. The molecule has 1 aliphatic rings. The number of rotatable bonds is 2. The lowest BCUT2D eigenvalue weighted by Gasteiger charge is -2.07.